The summed E-state index contributed by atoms with van der Waals surface area (Å²) in [5.41, 5.74) is 10.7. The van der Waals surface area contributed by atoms with Crippen LogP contribution in [0.25, 0.3) is 33.8 Å². The number of rotatable bonds is 12. The molecule has 5 aromatic rings. The van der Waals surface area contributed by atoms with Gasteiger partial charge >= 0.3 is 12.1 Å². The zero-order chi connectivity index (χ0) is 33.3. The molecule has 0 radical (unpaired) electrons. The number of methoxy groups -OCH3 is 2. The van der Waals surface area contributed by atoms with Gasteiger partial charge in [-0.3, -0.25) is 0 Å². The summed E-state index contributed by atoms with van der Waals surface area (Å²) in [7, 11) is 3.30. The average molecular weight is 644 g/mol. The molecule has 3 aromatic heterocycles. The van der Waals surface area contributed by atoms with Crippen molar-refractivity contribution < 1.29 is 41.9 Å². The first-order valence-electron chi connectivity index (χ1n) is 14.0. The third-order valence-corrected chi connectivity index (χ3v) is 6.63. The van der Waals surface area contributed by atoms with E-state index in [-0.39, 0.29) is 5.82 Å². The van der Waals surface area contributed by atoms with Crippen molar-refractivity contribution in [2.24, 2.45) is 0 Å². The van der Waals surface area contributed by atoms with Crippen molar-refractivity contribution in [3.63, 3.8) is 0 Å². The van der Waals surface area contributed by atoms with Gasteiger partial charge in [0.15, 0.2) is 23.1 Å². The number of anilines is 1. The molecule has 244 valence electrons. The Hall–Kier alpha value is -5.38. The van der Waals surface area contributed by atoms with Gasteiger partial charge in [0.2, 0.25) is 0 Å². The molecule has 13 nitrogen and oxygen atoms in total. The zero-order valence-corrected chi connectivity index (χ0v) is 25.2. The second kappa shape index (κ2) is 15.1. The molecule has 0 unspecified atom stereocenters. The van der Waals surface area contributed by atoms with Crippen LogP contribution in [0.5, 0.6) is 17.2 Å². The normalized spacial score (nSPS) is 11.2. The Balaban J connectivity index is 0.000000617. The Kier molecular flexibility index (Phi) is 11.0. The number of carboxylic acids is 1. The zero-order valence-electron chi connectivity index (χ0n) is 25.2. The minimum Gasteiger partial charge on any atom is -0.497 e. The number of benzene rings is 2. The number of aryl methyl sites for hydroxylation is 1. The highest BCUT2D eigenvalue weighted by molar-refractivity contribution is 5.95. The molecule has 0 aliphatic rings. The molecule has 0 aliphatic heterocycles. The standard InChI is InChI=1S/C28H31N7O4.C2HF3O2/c1-4-35-26-22(38-14-8-13-30-16-19-11-12-20(36-2)15-21(19)37-3)17-31-23(18-9-6-5-7-10-18)24(26)32-28(35)25-27(29)34-39-33-25;3-2(4,5)1(6)7/h5-7,9-12,15,17,30H,4,8,13-14,16H2,1-3H3,(H2,29,34);(H,6,7). The molecular weight excluding hydrogens is 611 g/mol. The van der Waals surface area contributed by atoms with Gasteiger partial charge in [-0.15, -0.1) is 0 Å². The van der Waals surface area contributed by atoms with Crippen LogP contribution in [0.2, 0.25) is 0 Å². The first-order chi connectivity index (χ1) is 22.1. The van der Waals surface area contributed by atoms with E-state index in [1.54, 1.807) is 20.4 Å². The Labute approximate surface area is 261 Å². The topological polar surface area (TPSA) is 173 Å². The lowest BCUT2D eigenvalue weighted by Gasteiger charge is -2.13. The molecule has 0 amide bonds. The largest absolute Gasteiger partial charge is 0.497 e. The van der Waals surface area contributed by atoms with Crippen molar-refractivity contribution in [2.45, 2.75) is 32.6 Å². The summed E-state index contributed by atoms with van der Waals surface area (Å²) in [6, 6.07) is 15.7. The minimum atomic E-state index is -5.08. The maximum Gasteiger partial charge on any atom is 0.490 e. The molecule has 4 N–H and O–H groups in total. The number of pyridine rings is 1. The number of aliphatic carboxylic acids is 1. The maximum absolute atomic E-state index is 10.6. The number of nitrogens with one attached hydrogen (secondary N) is 1. The number of hydrogen-bond acceptors (Lipinski definition) is 11. The molecule has 46 heavy (non-hydrogen) atoms. The number of nitrogen functional groups attached to an aromatic ring is 1. The van der Waals surface area contributed by atoms with E-state index in [1.165, 1.54) is 0 Å². The van der Waals surface area contributed by atoms with E-state index in [1.807, 2.05) is 60.0 Å². The van der Waals surface area contributed by atoms with Gasteiger partial charge < -0.3 is 34.9 Å². The van der Waals surface area contributed by atoms with Crippen molar-refractivity contribution in [3.8, 4) is 40.0 Å². The Morgan fingerprint density at radius 3 is 2.41 bits per heavy atom. The summed E-state index contributed by atoms with van der Waals surface area (Å²) in [4.78, 5) is 18.5. The molecule has 0 aliphatic carbocycles. The highest BCUT2D eigenvalue weighted by Crippen LogP contribution is 2.36. The number of aromatic nitrogens is 5. The molecule has 16 heteroatoms. The van der Waals surface area contributed by atoms with Crippen LogP contribution in [0.1, 0.15) is 18.9 Å². The van der Waals surface area contributed by atoms with Crippen LogP contribution >= 0.6 is 0 Å². The third-order valence-electron chi connectivity index (χ3n) is 6.63. The smallest absolute Gasteiger partial charge is 0.490 e. The first-order valence-corrected chi connectivity index (χ1v) is 14.0. The van der Waals surface area contributed by atoms with Gasteiger partial charge in [0, 0.05) is 30.3 Å². The van der Waals surface area contributed by atoms with Gasteiger partial charge in [-0.1, -0.05) is 36.4 Å². The van der Waals surface area contributed by atoms with Crippen LogP contribution in [0.4, 0.5) is 19.0 Å². The molecule has 0 saturated carbocycles. The molecule has 0 bridgehead atoms. The van der Waals surface area contributed by atoms with E-state index in [0.29, 0.717) is 42.5 Å². The SMILES string of the molecule is CCn1c(-c2nonc2N)nc2c(-c3ccccc3)ncc(OCCCNCc3ccc(OC)cc3OC)c21.O=C(O)C(F)(F)F. The molecule has 0 atom stereocenters. The fourth-order valence-corrected chi connectivity index (χ4v) is 4.47. The number of alkyl halides is 3. The van der Waals surface area contributed by atoms with Crippen LogP contribution < -0.4 is 25.3 Å². The van der Waals surface area contributed by atoms with E-state index >= 15 is 0 Å². The summed E-state index contributed by atoms with van der Waals surface area (Å²) in [6.07, 6.45) is -2.55. The second-order valence-corrected chi connectivity index (χ2v) is 9.57. The molecule has 0 saturated heterocycles. The second-order valence-electron chi connectivity index (χ2n) is 9.57. The monoisotopic (exact) mass is 643 g/mol. The lowest BCUT2D eigenvalue weighted by Crippen LogP contribution is -2.21. The van der Waals surface area contributed by atoms with Gasteiger partial charge in [-0.25, -0.2) is 19.4 Å². The number of carbonyl (C=O) groups is 1. The number of hydrogen-bond donors (Lipinski definition) is 3. The number of imidazole rings is 1. The van der Waals surface area contributed by atoms with Gasteiger partial charge in [0.25, 0.3) is 0 Å². The molecule has 0 spiro atoms. The van der Waals surface area contributed by atoms with Crippen LogP contribution in [0, 0.1) is 0 Å². The fourth-order valence-electron chi connectivity index (χ4n) is 4.47. The van der Waals surface area contributed by atoms with E-state index in [4.69, 9.17) is 44.4 Å². The van der Waals surface area contributed by atoms with Gasteiger partial charge in [-0.05, 0) is 36.3 Å². The van der Waals surface area contributed by atoms with Crippen LogP contribution in [-0.2, 0) is 17.9 Å². The van der Waals surface area contributed by atoms with Gasteiger partial charge in [0.05, 0.1) is 32.7 Å². The van der Waals surface area contributed by atoms with E-state index in [2.05, 4.69) is 15.6 Å². The van der Waals surface area contributed by atoms with Crippen LogP contribution in [0.15, 0.2) is 59.4 Å². The Bertz CT molecular complexity index is 1760. The highest BCUT2D eigenvalue weighted by atomic mass is 19.4. The molecular formula is C30H32F3N7O6. The summed E-state index contributed by atoms with van der Waals surface area (Å²) < 4.78 is 55.6. The summed E-state index contributed by atoms with van der Waals surface area (Å²) in [5, 5.41) is 18.3. The molecule has 0 fully saturated rings. The van der Waals surface area contributed by atoms with Crippen molar-refractivity contribution >= 4 is 22.8 Å². The molecule has 2 aromatic carbocycles. The quantitative estimate of drug-likeness (QED) is 0.156. The van der Waals surface area contributed by atoms with Crippen molar-refractivity contribution in [3.05, 3.63) is 60.3 Å². The number of ether oxygens (including phenoxy) is 3. The van der Waals surface area contributed by atoms with Crippen molar-refractivity contribution in [1.82, 2.24) is 30.2 Å². The number of fused-ring (bicyclic) bond motifs is 1. The highest BCUT2D eigenvalue weighted by Gasteiger charge is 2.38. The number of halogens is 3. The van der Waals surface area contributed by atoms with Crippen molar-refractivity contribution in [2.75, 3.05) is 33.1 Å². The summed E-state index contributed by atoms with van der Waals surface area (Å²) >= 11 is 0. The van der Waals surface area contributed by atoms with Crippen molar-refractivity contribution in [1.29, 1.82) is 0 Å². The first kappa shape index (κ1) is 33.5. The lowest BCUT2D eigenvalue weighted by atomic mass is 10.1. The van der Waals surface area contributed by atoms with Crippen LogP contribution in [0.3, 0.4) is 0 Å². The maximum atomic E-state index is 10.6. The number of nitrogens with two attached hydrogens (primary N) is 1. The van der Waals surface area contributed by atoms with E-state index < -0.39 is 12.1 Å². The molecule has 3 heterocycles. The van der Waals surface area contributed by atoms with E-state index in [0.717, 1.165) is 46.8 Å². The Morgan fingerprint density at radius 2 is 1.80 bits per heavy atom. The predicted molar refractivity (Wildman–Crippen MR) is 161 cm³/mol. The fraction of sp³-hybridized carbons (Fsp3) is 0.300. The lowest BCUT2D eigenvalue weighted by molar-refractivity contribution is -0.192. The number of nitrogens with zero attached hydrogens (tertiary/aromatic N) is 5. The third kappa shape index (κ3) is 7.82. The van der Waals surface area contributed by atoms with Gasteiger partial charge in [0.1, 0.15) is 22.5 Å². The molecule has 5 rings (SSSR count). The summed E-state index contributed by atoms with van der Waals surface area (Å²) in [5.74, 6) is 0.160. The predicted octanol–water partition coefficient (Wildman–Crippen LogP) is 4.96. The van der Waals surface area contributed by atoms with E-state index in [9.17, 15) is 13.2 Å². The Morgan fingerprint density at radius 1 is 1.07 bits per heavy atom. The number of carboxylic acid groups (broad SMARTS) is 1. The van der Waals surface area contributed by atoms with Gasteiger partial charge in [-0.2, -0.15) is 13.2 Å². The minimum absolute atomic E-state index is 0.177. The summed E-state index contributed by atoms with van der Waals surface area (Å²) in [6.45, 7) is 4.55. The van der Waals surface area contributed by atoms with Crippen LogP contribution in [-0.4, -0.2) is 69.5 Å². The average Bonchev–Trinajstić information content (AvgIpc) is 3.66.